The molecule has 1 aliphatic carbocycles. The summed E-state index contributed by atoms with van der Waals surface area (Å²) in [6, 6.07) is 4.63. The van der Waals surface area contributed by atoms with Crippen LogP contribution in [0.25, 0.3) is 0 Å². The van der Waals surface area contributed by atoms with E-state index in [1.807, 2.05) is 4.90 Å². The van der Waals surface area contributed by atoms with E-state index in [4.69, 9.17) is 11.6 Å². The minimum Gasteiger partial charge on any atom is -0.334 e. The first-order valence-corrected chi connectivity index (χ1v) is 6.46. The number of halogens is 1. The standard InChI is InChI=1S/C11H14ClNOS/c1-8-2-5-10(15-8)7-13(9-3-4-9)11(14)6-12/h2,5,9H,3-4,6-7H2,1H3. The summed E-state index contributed by atoms with van der Waals surface area (Å²) in [5.41, 5.74) is 0. The molecule has 1 heterocycles. The van der Waals surface area contributed by atoms with Crippen molar-refractivity contribution in [2.24, 2.45) is 0 Å². The predicted molar refractivity (Wildman–Crippen MR) is 63.3 cm³/mol. The maximum absolute atomic E-state index is 11.6. The Morgan fingerprint density at radius 2 is 2.33 bits per heavy atom. The van der Waals surface area contributed by atoms with Gasteiger partial charge in [-0.2, -0.15) is 0 Å². The molecule has 0 aromatic carbocycles. The lowest BCUT2D eigenvalue weighted by Gasteiger charge is -2.20. The van der Waals surface area contributed by atoms with E-state index < -0.39 is 0 Å². The highest BCUT2D eigenvalue weighted by Crippen LogP contribution is 2.29. The number of carbonyl (C=O) groups excluding carboxylic acids is 1. The highest BCUT2D eigenvalue weighted by atomic mass is 35.5. The summed E-state index contributed by atoms with van der Waals surface area (Å²) in [5, 5.41) is 0. The molecule has 0 atom stereocenters. The first kappa shape index (κ1) is 11.0. The third-order valence-electron chi connectivity index (χ3n) is 2.54. The molecule has 1 amide bonds. The molecular weight excluding hydrogens is 230 g/mol. The first-order valence-electron chi connectivity index (χ1n) is 5.11. The Hall–Kier alpha value is -0.540. The summed E-state index contributed by atoms with van der Waals surface area (Å²) in [4.78, 5) is 16.1. The van der Waals surface area contributed by atoms with Gasteiger partial charge >= 0.3 is 0 Å². The molecule has 1 saturated carbocycles. The lowest BCUT2D eigenvalue weighted by Crippen LogP contribution is -2.33. The van der Waals surface area contributed by atoms with Crippen LogP contribution in [0.4, 0.5) is 0 Å². The molecule has 0 spiro atoms. The van der Waals surface area contributed by atoms with E-state index in [1.165, 1.54) is 9.75 Å². The van der Waals surface area contributed by atoms with Gasteiger partial charge in [-0.25, -0.2) is 0 Å². The molecule has 0 radical (unpaired) electrons. The summed E-state index contributed by atoms with van der Waals surface area (Å²) in [6.45, 7) is 2.81. The number of amides is 1. The zero-order valence-corrected chi connectivity index (χ0v) is 10.3. The zero-order valence-electron chi connectivity index (χ0n) is 8.70. The second kappa shape index (κ2) is 4.54. The van der Waals surface area contributed by atoms with Crippen molar-refractivity contribution in [2.75, 3.05) is 5.88 Å². The quantitative estimate of drug-likeness (QED) is 0.745. The molecule has 4 heteroatoms. The smallest absolute Gasteiger partial charge is 0.238 e. The van der Waals surface area contributed by atoms with Crippen molar-refractivity contribution >= 4 is 28.8 Å². The molecule has 2 rings (SSSR count). The summed E-state index contributed by atoms with van der Waals surface area (Å²) < 4.78 is 0. The second-order valence-electron chi connectivity index (χ2n) is 3.90. The summed E-state index contributed by atoms with van der Waals surface area (Å²) >= 11 is 7.35. The molecule has 1 fully saturated rings. The van der Waals surface area contributed by atoms with E-state index in [-0.39, 0.29) is 11.8 Å². The third-order valence-corrected chi connectivity index (χ3v) is 3.76. The van der Waals surface area contributed by atoms with Crippen molar-refractivity contribution in [2.45, 2.75) is 32.4 Å². The summed E-state index contributed by atoms with van der Waals surface area (Å²) in [5.74, 6) is 0.158. The second-order valence-corrected chi connectivity index (χ2v) is 5.54. The monoisotopic (exact) mass is 243 g/mol. The van der Waals surface area contributed by atoms with Crippen molar-refractivity contribution < 1.29 is 4.79 Å². The van der Waals surface area contributed by atoms with E-state index in [0.29, 0.717) is 6.04 Å². The van der Waals surface area contributed by atoms with Gasteiger partial charge in [-0.05, 0) is 31.9 Å². The lowest BCUT2D eigenvalue weighted by molar-refractivity contribution is -0.129. The molecule has 0 unspecified atom stereocenters. The molecule has 1 aliphatic rings. The molecule has 0 aliphatic heterocycles. The summed E-state index contributed by atoms with van der Waals surface area (Å²) in [6.07, 6.45) is 2.26. The number of hydrogen-bond donors (Lipinski definition) is 0. The largest absolute Gasteiger partial charge is 0.334 e. The van der Waals surface area contributed by atoms with Crippen molar-refractivity contribution in [1.29, 1.82) is 0 Å². The maximum Gasteiger partial charge on any atom is 0.238 e. The van der Waals surface area contributed by atoms with Crippen LogP contribution in [0, 0.1) is 6.92 Å². The number of carbonyl (C=O) groups is 1. The number of thiophene rings is 1. The van der Waals surface area contributed by atoms with Crippen molar-refractivity contribution in [3.8, 4) is 0 Å². The van der Waals surface area contributed by atoms with Crippen molar-refractivity contribution in [1.82, 2.24) is 4.90 Å². The van der Waals surface area contributed by atoms with Crippen LogP contribution in [0.5, 0.6) is 0 Å². The molecule has 82 valence electrons. The van der Waals surface area contributed by atoms with Gasteiger partial charge in [-0.1, -0.05) is 0 Å². The van der Waals surface area contributed by atoms with Gasteiger partial charge in [0, 0.05) is 15.8 Å². The Bertz CT molecular complexity index is 359. The van der Waals surface area contributed by atoms with Gasteiger partial charge in [0.05, 0.1) is 6.54 Å². The van der Waals surface area contributed by atoms with Crippen LogP contribution in [0.15, 0.2) is 12.1 Å². The topological polar surface area (TPSA) is 20.3 Å². The highest BCUT2D eigenvalue weighted by Gasteiger charge is 2.32. The van der Waals surface area contributed by atoms with E-state index in [1.54, 1.807) is 11.3 Å². The van der Waals surface area contributed by atoms with Crippen LogP contribution >= 0.6 is 22.9 Å². The van der Waals surface area contributed by atoms with Gasteiger partial charge in [0.25, 0.3) is 0 Å². The number of hydrogen-bond acceptors (Lipinski definition) is 2. The molecule has 2 nitrogen and oxygen atoms in total. The van der Waals surface area contributed by atoms with Gasteiger partial charge < -0.3 is 4.90 Å². The summed E-state index contributed by atoms with van der Waals surface area (Å²) in [7, 11) is 0. The predicted octanol–water partition coefficient (Wildman–Crippen LogP) is 2.79. The Balaban J connectivity index is 2.03. The fourth-order valence-electron chi connectivity index (χ4n) is 1.62. The number of aryl methyl sites for hydroxylation is 1. The zero-order chi connectivity index (χ0) is 10.8. The van der Waals surface area contributed by atoms with Crippen LogP contribution in [0.1, 0.15) is 22.6 Å². The van der Waals surface area contributed by atoms with E-state index in [2.05, 4.69) is 19.1 Å². The number of rotatable bonds is 4. The first-order chi connectivity index (χ1) is 7.20. The third kappa shape index (κ3) is 2.73. The molecule has 15 heavy (non-hydrogen) atoms. The fraction of sp³-hybridized carbons (Fsp3) is 0.545. The SMILES string of the molecule is Cc1ccc(CN(C(=O)CCl)C2CC2)s1. The maximum atomic E-state index is 11.6. The number of nitrogens with zero attached hydrogens (tertiary/aromatic N) is 1. The van der Waals surface area contributed by atoms with Crippen LogP contribution in [0.3, 0.4) is 0 Å². The average Bonchev–Trinajstić information content (AvgIpc) is 2.98. The molecular formula is C11H14ClNOS. The van der Waals surface area contributed by atoms with Gasteiger partial charge in [0.2, 0.25) is 5.91 Å². The Morgan fingerprint density at radius 3 is 2.80 bits per heavy atom. The molecule has 0 saturated heterocycles. The Labute approximate surface area is 98.8 Å². The van der Waals surface area contributed by atoms with E-state index in [9.17, 15) is 4.79 Å². The normalized spacial score (nSPS) is 15.3. The minimum absolute atomic E-state index is 0.0604. The highest BCUT2D eigenvalue weighted by molar-refractivity contribution is 7.11. The van der Waals surface area contributed by atoms with Crippen molar-refractivity contribution in [3.05, 3.63) is 21.9 Å². The van der Waals surface area contributed by atoms with Crippen LogP contribution in [0.2, 0.25) is 0 Å². The van der Waals surface area contributed by atoms with Gasteiger partial charge in [0.1, 0.15) is 5.88 Å². The molecule has 0 N–H and O–H groups in total. The van der Waals surface area contributed by atoms with Gasteiger partial charge in [-0.15, -0.1) is 22.9 Å². The molecule has 0 bridgehead atoms. The Kier molecular flexibility index (Phi) is 3.32. The van der Waals surface area contributed by atoms with Crippen LogP contribution in [-0.2, 0) is 11.3 Å². The molecule has 1 aromatic heterocycles. The van der Waals surface area contributed by atoms with E-state index >= 15 is 0 Å². The van der Waals surface area contributed by atoms with Crippen LogP contribution < -0.4 is 0 Å². The lowest BCUT2D eigenvalue weighted by atomic mass is 10.3. The molecule has 1 aromatic rings. The van der Waals surface area contributed by atoms with E-state index in [0.717, 1.165) is 19.4 Å². The Morgan fingerprint density at radius 1 is 1.60 bits per heavy atom. The van der Waals surface area contributed by atoms with Crippen molar-refractivity contribution in [3.63, 3.8) is 0 Å². The van der Waals surface area contributed by atoms with Crippen LogP contribution in [-0.4, -0.2) is 22.7 Å². The van der Waals surface area contributed by atoms with Gasteiger partial charge in [0.15, 0.2) is 0 Å². The number of alkyl halides is 1. The van der Waals surface area contributed by atoms with Gasteiger partial charge in [-0.3, -0.25) is 4.79 Å². The average molecular weight is 244 g/mol. The fourth-order valence-corrected chi connectivity index (χ4v) is 2.66. The minimum atomic E-state index is 0.0604.